The summed E-state index contributed by atoms with van der Waals surface area (Å²) >= 11 is 0. The van der Waals surface area contributed by atoms with Crippen molar-refractivity contribution < 1.29 is 23.8 Å². The maximum Gasteiger partial charge on any atom is 0.333 e. The molecular formula is C18H22O5. The monoisotopic (exact) mass is 318 g/mol. The fourth-order valence-corrected chi connectivity index (χ4v) is 2.51. The van der Waals surface area contributed by atoms with Crippen LogP contribution in [-0.2, 0) is 30.2 Å². The highest BCUT2D eigenvalue weighted by Crippen LogP contribution is 2.42. The molecule has 0 N–H and O–H groups in total. The SMILES string of the molecule is COC(=O)/C=C1/OC(C)(C(C)=O)OC1(C)CCc1ccccc1. The molecule has 23 heavy (non-hydrogen) atoms. The van der Waals surface area contributed by atoms with Crippen LogP contribution in [0.3, 0.4) is 0 Å². The van der Waals surface area contributed by atoms with E-state index in [9.17, 15) is 9.59 Å². The third kappa shape index (κ3) is 3.79. The van der Waals surface area contributed by atoms with Crippen LogP contribution in [0.25, 0.3) is 0 Å². The van der Waals surface area contributed by atoms with Gasteiger partial charge in [0.1, 0.15) is 11.4 Å². The molecule has 0 saturated carbocycles. The van der Waals surface area contributed by atoms with Gasteiger partial charge in [-0.3, -0.25) is 4.79 Å². The van der Waals surface area contributed by atoms with Crippen LogP contribution in [0.5, 0.6) is 0 Å². The van der Waals surface area contributed by atoms with Gasteiger partial charge in [0.2, 0.25) is 5.78 Å². The van der Waals surface area contributed by atoms with Crippen molar-refractivity contribution >= 4 is 11.8 Å². The highest BCUT2D eigenvalue weighted by Gasteiger charge is 2.52. The summed E-state index contributed by atoms with van der Waals surface area (Å²) in [6, 6.07) is 9.93. The van der Waals surface area contributed by atoms with Gasteiger partial charge < -0.3 is 14.2 Å². The predicted molar refractivity (Wildman–Crippen MR) is 84.5 cm³/mol. The first kappa shape index (κ1) is 17.2. The summed E-state index contributed by atoms with van der Waals surface area (Å²) in [5, 5.41) is 0. The summed E-state index contributed by atoms with van der Waals surface area (Å²) in [7, 11) is 1.29. The lowest BCUT2D eigenvalue weighted by molar-refractivity contribution is -0.184. The number of rotatable bonds is 5. The maximum atomic E-state index is 11.8. The van der Waals surface area contributed by atoms with Gasteiger partial charge in [-0.25, -0.2) is 4.79 Å². The second kappa shape index (κ2) is 6.54. The Morgan fingerprint density at radius 1 is 1.22 bits per heavy atom. The summed E-state index contributed by atoms with van der Waals surface area (Å²) in [5.41, 5.74) is 0.274. The molecule has 1 aliphatic rings. The Hall–Kier alpha value is -2.14. The van der Waals surface area contributed by atoms with Gasteiger partial charge in [-0.1, -0.05) is 30.3 Å². The average molecular weight is 318 g/mol. The first-order valence-corrected chi connectivity index (χ1v) is 7.53. The van der Waals surface area contributed by atoms with Crippen molar-refractivity contribution in [1.29, 1.82) is 0 Å². The zero-order valence-corrected chi connectivity index (χ0v) is 13.9. The van der Waals surface area contributed by atoms with Crippen LogP contribution < -0.4 is 0 Å². The lowest BCUT2D eigenvalue weighted by atomic mass is 9.94. The van der Waals surface area contributed by atoms with Crippen molar-refractivity contribution in [2.24, 2.45) is 0 Å². The van der Waals surface area contributed by atoms with E-state index in [0.717, 1.165) is 12.0 Å². The molecule has 1 aromatic rings. The Bertz CT molecular complexity index is 622. The average Bonchev–Trinajstić information content (AvgIpc) is 2.78. The summed E-state index contributed by atoms with van der Waals surface area (Å²) in [6.07, 6.45) is 2.55. The molecule has 0 aliphatic carbocycles. The van der Waals surface area contributed by atoms with E-state index in [0.29, 0.717) is 12.2 Å². The number of carbonyl (C=O) groups is 2. The van der Waals surface area contributed by atoms with Gasteiger partial charge in [0.25, 0.3) is 5.79 Å². The Kier molecular flexibility index (Phi) is 4.90. The first-order chi connectivity index (χ1) is 10.8. The molecule has 1 aliphatic heterocycles. The normalized spacial score (nSPS) is 28.4. The summed E-state index contributed by atoms with van der Waals surface area (Å²) < 4.78 is 16.3. The molecule has 0 radical (unpaired) electrons. The highest BCUT2D eigenvalue weighted by molar-refractivity contribution is 5.85. The fraction of sp³-hybridized carbons (Fsp3) is 0.444. The second-order valence-corrected chi connectivity index (χ2v) is 5.95. The van der Waals surface area contributed by atoms with Crippen molar-refractivity contribution in [2.45, 2.75) is 45.0 Å². The van der Waals surface area contributed by atoms with E-state index in [1.165, 1.54) is 20.1 Å². The van der Waals surface area contributed by atoms with Crippen LogP contribution >= 0.6 is 0 Å². The minimum Gasteiger partial charge on any atom is -0.466 e. The number of methoxy groups -OCH3 is 1. The van der Waals surface area contributed by atoms with Crippen molar-refractivity contribution in [1.82, 2.24) is 0 Å². The van der Waals surface area contributed by atoms with Crippen LogP contribution in [0.2, 0.25) is 0 Å². The van der Waals surface area contributed by atoms with Crippen molar-refractivity contribution in [3.05, 3.63) is 47.7 Å². The zero-order chi connectivity index (χ0) is 17.1. The molecule has 2 atom stereocenters. The van der Waals surface area contributed by atoms with E-state index in [4.69, 9.17) is 9.47 Å². The molecule has 0 aromatic heterocycles. The number of Topliss-reactive ketones (excluding diaryl/α,β-unsaturated/α-hetero) is 1. The molecular weight excluding hydrogens is 296 g/mol. The van der Waals surface area contributed by atoms with Gasteiger partial charge >= 0.3 is 5.97 Å². The van der Waals surface area contributed by atoms with Crippen LogP contribution in [0.4, 0.5) is 0 Å². The number of ether oxygens (including phenoxy) is 3. The fourth-order valence-electron chi connectivity index (χ4n) is 2.51. The summed E-state index contributed by atoms with van der Waals surface area (Å²) in [5.74, 6) is -1.86. The Morgan fingerprint density at radius 3 is 2.43 bits per heavy atom. The van der Waals surface area contributed by atoms with E-state index in [1.807, 2.05) is 37.3 Å². The van der Waals surface area contributed by atoms with Crippen LogP contribution in [0, 0.1) is 0 Å². The van der Waals surface area contributed by atoms with E-state index in [1.54, 1.807) is 6.92 Å². The molecule has 1 heterocycles. The van der Waals surface area contributed by atoms with E-state index in [-0.39, 0.29) is 5.78 Å². The Labute approximate surface area is 136 Å². The largest absolute Gasteiger partial charge is 0.466 e. The third-order valence-electron chi connectivity index (χ3n) is 4.07. The van der Waals surface area contributed by atoms with Gasteiger partial charge in [0.15, 0.2) is 0 Å². The molecule has 1 aromatic carbocycles. The minimum absolute atomic E-state index is 0.253. The molecule has 2 rings (SSSR count). The second-order valence-electron chi connectivity index (χ2n) is 5.95. The van der Waals surface area contributed by atoms with Crippen molar-refractivity contribution in [3.63, 3.8) is 0 Å². The predicted octanol–water partition coefficient (Wildman–Crippen LogP) is 2.79. The molecule has 124 valence electrons. The van der Waals surface area contributed by atoms with Gasteiger partial charge in [-0.15, -0.1) is 0 Å². The lowest BCUT2D eigenvalue weighted by Crippen LogP contribution is -2.38. The molecule has 5 heteroatoms. The molecule has 1 saturated heterocycles. The molecule has 0 spiro atoms. The van der Waals surface area contributed by atoms with E-state index < -0.39 is 17.4 Å². The standard InChI is InChI=1S/C18H22O5/c1-13(19)18(3)22-15(12-16(20)21-4)17(2,23-18)11-10-14-8-6-5-7-9-14/h5-9,12H,10-11H2,1-4H3/b15-12+. The topological polar surface area (TPSA) is 61.8 Å². The molecule has 0 amide bonds. The number of ketones is 1. The number of esters is 1. The number of carbonyl (C=O) groups excluding carboxylic acids is 2. The minimum atomic E-state index is -1.38. The molecule has 0 bridgehead atoms. The molecule has 5 nitrogen and oxygen atoms in total. The van der Waals surface area contributed by atoms with E-state index in [2.05, 4.69) is 4.74 Å². The Morgan fingerprint density at radius 2 is 1.87 bits per heavy atom. The quantitative estimate of drug-likeness (QED) is 0.617. The van der Waals surface area contributed by atoms with Gasteiger partial charge in [-0.05, 0) is 25.3 Å². The third-order valence-corrected chi connectivity index (χ3v) is 4.07. The van der Waals surface area contributed by atoms with Crippen molar-refractivity contribution in [3.8, 4) is 0 Å². The number of hydrogen-bond acceptors (Lipinski definition) is 5. The number of benzene rings is 1. The number of aryl methyl sites for hydroxylation is 1. The van der Waals surface area contributed by atoms with Crippen LogP contribution in [-0.4, -0.2) is 30.3 Å². The van der Waals surface area contributed by atoms with Crippen LogP contribution in [0.15, 0.2) is 42.2 Å². The Balaban J connectivity index is 2.25. The van der Waals surface area contributed by atoms with Gasteiger partial charge in [0.05, 0.1) is 13.2 Å². The zero-order valence-electron chi connectivity index (χ0n) is 13.9. The number of hydrogen-bond donors (Lipinski definition) is 0. The van der Waals surface area contributed by atoms with Crippen molar-refractivity contribution in [2.75, 3.05) is 7.11 Å². The lowest BCUT2D eigenvalue weighted by Gasteiger charge is -2.24. The molecule has 1 fully saturated rings. The summed E-state index contributed by atoms with van der Waals surface area (Å²) in [4.78, 5) is 23.4. The first-order valence-electron chi connectivity index (χ1n) is 7.53. The van der Waals surface area contributed by atoms with Gasteiger partial charge in [0, 0.05) is 13.8 Å². The molecule has 2 unspecified atom stereocenters. The summed E-state index contributed by atoms with van der Waals surface area (Å²) in [6.45, 7) is 4.78. The maximum absolute atomic E-state index is 11.8. The smallest absolute Gasteiger partial charge is 0.333 e. The highest BCUT2D eigenvalue weighted by atomic mass is 16.8. The van der Waals surface area contributed by atoms with Gasteiger partial charge in [-0.2, -0.15) is 0 Å². The van der Waals surface area contributed by atoms with Crippen LogP contribution in [0.1, 0.15) is 32.8 Å². The van der Waals surface area contributed by atoms with E-state index >= 15 is 0 Å².